The minimum absolute atomic E-state index is 0.0185. The Bertz CT molecular complexity index is 1240. The number of carbonyl (C=O) groups is 7. The second kappa shape index (κ2) is 40.9. The Kier molecular flexibility index (Phi) is 36.8. The van der Waals surface area contributed by atoms with Crippen LogP contribution in [0.5, 0.6) is 0 Å². The molecule has 1 heterocycles. The first-order valence-corrected chi connectivity index (χ1v) is 20.8. The van der Waals surface area contributed by atoms with Crippen LogP contribution >= 0.6 is 0 Å². The molecule has 0 aromatic carbocycles. The van der Waals surface area contributed by atoms with Gasteiger partial charge in [-0.2, -0.15) is 0 Å². The first-order chi connectivity index (χ1) is 30.2. The topological polar surface area (TPSA) is 275 Å². The molecule has 23 nitrogen and oxygen atoms in total. The molecule has 0 aromatic heterocycles. The maximum atomic E-state index is 13.0. The fraction of sp³-hybridized carbons (Fsp3) is 0.769. The highest BCUT2D eigenvalue weighted by Crippen LogP contribution is 2.04. The van der Waals surface area contributed by atoms with E-state index in [2.05, 4.69) is 16.0 Å². The predicted octanol–water partition coefficient (Wildman–Crippen LogP) is -1.83. The molecule has 356 valence electrons. The molecule has 0 spiro atoms. The van der Waals surface area contributed by atoms with Gasteiger partial charge in [0.2, 0.25) is 17.7 Å². The number of amides is 6. The predicted molar refractivity (Wildman–Crippen MR) is 217 cm³/mol. The van der Waals surface area contributed by atoms with Gasteiger partial charge in [0.25, 0.3) is 11.8 Å². The average molecular weight is 894 g/mol. The van der Waals surface area contributed by atoms with Crippen molar-refractivity contribution in [1.29, 1.82) is 0 Å². The number of ether oxygens (including phenoxy) is 10. The average Bonchev–Trinajstić information content (AvgIpc) is 3.58. The smallest absolute Gasteiger partial charge is 0.404 e. The van der Waals surface area contributed by atoms with Crippen molar-refractivity contribution in [2.45, 2.75) is 25.7 Å². The second-order valence-electron chi connectivity index (χ2n) is 12.8. The first kappa shape index (κ1) is 55.8. The van der Waals surface area contributed by atoms with Crippen LogP contribution in [0.25, 0.3) is 0 Å². The van der Waals surface area contributed by atoms with Gasteiger partial charge in [0.1, 0.15) is 6.29 Å². The SMILES string of the molecule is O=CCCC(=O)NCCOCCOCCOCCN(CCOCCOCCOCCNC(=O)O)C(=O)CCOCCOCCOCCOCCNC(=O)CCN1C(=O)C=CC1=O. The maximum absolute atomic E-state index is 13.0. The summed E-state index contributed by atoms with van der Waals surface area (Å²) in [6.07, 6.45) is 2.47. The van der Waals surface area contributed by atoms with Crippen LogP contribution < -0.4 is 16.0 Å². The molecule has 0 aromatic rings. The van der Waals surface area contributed by atoms with E-state index in [1.807, 2.05) is 0 Å². The molecule has 62 heavy (non-hydrogen) atoms. The Morgan fingerprint density at radius 2 is 0.855 bits per heavy atom. The summed E-state index contributed by atoms with van der Waals surface area (Å²) in [7, 11) is 0. The van der Waals surface area contributed by atoms with Crippen molar-refractivity contribution in [3.8, 4) is 0 Å². The van der Waals surface area contributed by atoms with Crippen molar-refractivity contribution in [2.75, 3.05) is 171 Å². The van der Waals surface area contributed by atoms with Gasteiger partial charge in [-0.3, -0.25) is 28.9 Å². The van der Waals surface area contributed by atoms with Crippen LogP contribution in [0.4, 0.5) is 4.79 Å². The lowest BCUT2D eigenvalue weighted by molar-refractivity contribution is -0.137. The van der Waals surface area contributed by atoms with E-state index in [9.17, 15) is 33.6 Å². The highest BCUT2D eigenvalue weighted by atomic mass is 16.6. The lowest BCUT2D eigenvalue weighted by Crippen LogP contribution is -2.37. The molecule has 0 unspecified atom stereocenters. The van der Waals surface area contributed by atoms with Crippen LogP contribution in [-0.2, 0) is 76.1 Å². The standard InChI is InChI=1S/C39H67N5O18/c45-13-1-2-34(46)40-7-15-54-21-27-60-30-24-57-18-11-43(12-19-58-25-31-61-29-23-56-17-9-42-39(51)52)36(48)6-14-53-20-26-59-32-33-62-28-22-55-16-8-41-35(47)5-10-44-37(49)3-4-38(44)50/h3-4,13,42H,1-2,5-12,14-33H2,(H,40,46)(H,41,47)(H,51,52). The van der Waals surface area contributed by atoms with Gasteiger partial charge in [-0.1, -0.05) is 0 Å². The molecular formula is C39H67N5O18. The lowest BCUT2D eigenvalue weighted by Gasteiger charge is -2.23. The summed E-state index contributed by atoms with van der Waals surface area (Å²) in [6, 6.07) is 0. The number of carboxylic acid groups (broad SMARTS) is 1. The van der Waals surface area contributed by atoms with Crippen molar-refractivity contribution in [2.24, 2.45) is 0 Å². The molecule has 0 radical (unpaired) electrons. The molecule has 0 atom stereocenters. The quantitative estimate of drug-likeness (QED) is 0.0297. The third kappa shape index (κ3) is 34.4. The van der Waals surface area contributed by atoms with E-state index >= 15 is 0 Å². The molecule has 1 aliphatic rings. The molecule has 0 aliphatic carbocycles. The van der Waals surface area contributed by atoms with E-state index in [-0.39, 0.29) is 96.1 Å². The number of rotatable bonds is 45. The van der Waals surface area contributed by atoms with E-state index in [1.54, 1.807) is 4.90 Å². The van der Waals surface area contributed by atoms with Gasteiger partial charge >= 0.3 is 6.09 Å². The van der Waals surface area contributed by atoms with Gasteiger partial charge in [0.15, 0.2) is 0 Å². The van der Waals surface area contributed by atoms with Crippen LogP contribution in [-0.4, -0.2) is 228 Å². The van der Waals surface area contributed by atoms with Gasteiger partial charge in [-0.25, -0.2) is 4.79 Å². The minimum atomic E-state index is -1.11. The number of hydrogen-bond acceptors (Lipinski definition) is 17. The number of imide groups is 1. The fourth-order valence-corrected chi connectivity index (χ4v) is 4.86. The molecule has 1 aliphatic heterocycles. The van der Waals surface area contributed by atoms with E-state index in [4.69, 9.17) is 52.5 Å². The molecule has 6 amide bonds. The summed E-state index contributed by atoms with van der Waals surface area (Å²) in [4.78, 5) is 82.7. The number of hydrogen-bond donors (Lipinski definition) is 4. The van der Waals surface area contributed by atoms with E-state index in [0.717, 1.165) is 4.90 Å². The van der Waals surface area contributed by atoms with E-state index in [0.29, 0.717) is 125 Å². The molecule has 0 fully saturated rings. The van der Waals surface area contributed by atoms with E-state index < -0.39 is 17.9 Å². The van der Waals surface area contributed by atoms with Crippen molar-refractivity contribution in [3.05, 3.63) is 12.2 Å². The summed E-state index contributed by atoms with van der Waals surface area (Å²) in [5.41, 5.74) is 0. The summed E-state index contributed by atoms with van der Waals surface area (Å²) in [5.74, 6) is -1.45. The molecule has 0 saturated carbocycles. The Hall–Kier alpha value is -4.17. The maximum Gasteiger partial charge on any atom is 0.404 e. The van der Waals surface area contributed by atoms with Gasteiger partial charge < -0.3 is 78.1 Å². The zero-order chi connectivity index (χ0) is 45.1. The minimum Gasteiger partial charge on any atom is -0.465 e. The number of nitrogens with one attached hydrogen (secondary N) is 3. The highest BCUT2D eigenvalue weighted by Gasteiger charge is 2.23. The number of aldehydes is 1. The molecule has 23 heteroatoms. The first-order valence-electron chi connectivity index (χ1n) is 20.8. The largest absolute Gasteiger partial charge is 0.465 e. The molecule has 4 N–H and O–H groups in total. The zero-order valence-electron chi connectivity index (χ0n) is 35.7. The van der Waals surface area contributed by atoms with Crippen molar-refractivity contribution < 1.29 is 86.0 Å². The zero-order valence-corrected chi connectivity index (χ0v) is 35.7. The Labute approximate surface area is 362 Å². The third-order valence-electron chi connectivity index (χ3n) is 8.04. The summed E-state index contributed by atoms with van der Waals surface area (Å²) >= 11 is 0. The van der Waals surface area contributed by atoms with Gasteiger partial charge in [-0.15, -0.1) is 0 Å². The second-order valence-corrected chi connectivity index (χ2v) is 12.8. The van der Waals surface area contributed by atoms with Crippen LogP contribution in [0.15, 0.2) is 12.2 Å². The van der Waals surface area contributed by atoms with Gasteiger partial charge in [0, 0.05) is 70.7 Å². The molecule has 0 saturated heterocycles. The molecular weight excluding hydrogens is 826 g/mol. The number of nitrogens with zero attached hydrogens (tertiary/aromatic N) is 2. The lowest BCUT2D eigenvalue weighted by atomic mass is 10.3. The Morgan fingerprint density at radius 1 is 0.500 bits per heavy atom. The molecule has 0 bridgehead atoms. The third-order valence-corrected chi connectivity index (χ3v) is 8.04. The van der Waals surface area contributed by atoms with Gasteiger partial charge in [0.05, 0.1) is 139 Å². The summed E-state index contributed by atoms with van der Waals surface area (Å²) in [5, 5.41) is 16.1. The number of carbonyl (C=O) groups excluding carboxylic acids is 6. The fourth-order valence-electron chi connectivity index (χ4n) is 4.86. The van der Waals surface area contributed by atoms with Crippen LogP contribution in [0.2, 0.25) is 0 Å². The van der Waals surface area contributed by atoms with Crippen LogP contribution in [0, 0.1) is 0 Å². The van der Waals surface area contributed by atoms with E-state index in [1.165, 1.54) is 12.2 Å². The Balaban J connectivity index is 2.13. The van der Waals surface area contributed by atoms with Crippen molar-refractivity contribution >= 4 is 41.9 Å². The van der Waals surface area contributed by atoms with Crippen LogP contribution in [0.3, 0.4) is 0 Å². The normalized spacial score (nSPS) is 12.2. The monoisotopic (exact) mass is 893 g/mol. The Morgan fingerprint density at radius 3 is 1.26 bits per heavy atom. The van der Waals surface area contributed by atoms with Gasteiger partial charge in [-0.05, 0) is 0 Å². The van der Waals surface area contributed by atoms with Crippen LogP contribution in [0.1, 0.15) is 25.7 Å². The highest BCUT2D eigenvalue weighted by molar-refractivity contribution is 6.13. The summed E-state index contributed by atoms with van der Waals surface area (Å²) in [6.45, 7) is 7.80. The van der Waals surface area contributed by atoms with Crippen molar-refractivity contribution in [3.63, 3.8) is 0 Å². The van der Waals surface area contributed by atoms with Crippen molar-refractivity contribution in [1.82, 2.24) is 25.8 Å². The molecule has 1 rings (SSSR count). The summed E-state index contributed by atoms with van der Waals surface area (Å²) < 4.78 is 54.9.